The van der Waals surface area contributed by atoms with Crippen LogP contribution in [0.1, 0.15) is 20.3 Å². The van der Waals surface area contributed by atoms with Crippen molar-refractivity contribution in [3.8, 4) is 0 Å². The molecule has 4 heteroatoms. The Balaban J connectivity index is 2.02. The van der Waals surface area contributed by atoms with E-state index in [1.807, 2.05) is 23.4 Å². The highest BCUT2D eigenvalue weighted by Gasteiger charge is 2.30. The second kappa shape index (κ2) is 4.06. The third-order valence-corrected chi connectivity index (χ3v) is 2.59. The van der Waals surface area contributed by atoms with Gasteiger partial charge in [0, 0.05) is 37.4 Å². The van der Waals surface area contributed by atoms with Gasteiger partial charge < -0.3 is 15.2 Å². The fraction of sp³-hybridized carbons (Fsp3) is 0.545. The van der Waals surface area contributed by atoms with Crippen molar-refractivity contribution in [2.24, 2.45) is 0 Å². The van der Waals surface area contributed by atoms with E-state index in [0.717, 1.165) is 12.2 Å². The van der Waals surface area contributed by atoms with Crippen LogP contribution >= 0.6 is 0 Å². The van der Waals surface area contributed by atoms with Crippen molar-refractivity contribution >= 4 is 11.6 Å². The van der Waals surface area contributed by atoms with Gasteiger partial charge in [0.05, 0.1) is 5.69 Å². The lowest BCUT2D eigenvalue weighted by Crippen LogP contribution is -2.37. The zero-order valence-electron chi connectivity index (χ0n) is 9.16. The first-order valence-electron chi connectivity index (χ1n) is 5.36. The summed E-state index contributed by atoms with van der Waals surface area (Å²) in [4.78, 5) is 16.5. The van der Waals surface area contributed by atoms with Crippen LogP contribution in [0.4, 0.5) is 5.69 Å². The summed E-state index contributed by atoms with van der Waals surface area (Å²) in [5.41, 5.74) is 0.966. The first-order valence-corrected chi connectivity index (χ1v) is 5.36. The van der Waals surface area contributed by atoms with Gasteiger partial charge in [0.1, 0.15) is 0 Å². The highest BCUT2D eigenvalue weighted by molar-refractivity contribution is 5.96. The molecule has 1 amide bonds. The molecule has 1 aromatic heterocycles. The quantitative estimate of drug-likeness (QED) is 0.780. The summed E-state index contributed by atoms with van der Waals surface area (Å²) in [6.07, 6.45) is 4.30. The first-order chi connectivity index (χ1) is 7.16. The Bertz CT molecular complexity index is 332. The molecule has 0 aliphatic carbocycles. The molecule has 0 bridgehead atoms. The normalized spacial score (nSPS) is 21.7. The Hall–Kier alpha value is -1.29. The number of aromatic amines is 1. The van der Waals surface area contributed by atoms with Gasteiger partial charge in [-0.15, -0.1) is 0 Å². The zero-order chi connectivity index (χ0) is 10.8. The second-order valence-electron chi connectivity index (χ2n) is 4.30. The third kappa shape index (κ3) is 2.21. The standard InChI is InChI=1S/C11H17N3O/c1-8(2)13-9-5-11(15)14(7-9)10-3-4-12-6-10/h3-4,6,8-9,12-13H,5,7H2,1-2H3. The van der Waals surface area contributed by atoms with Crippen LogP contribution in [0.15, 0.2) is 18.5 Å². The average molecular weight is 207 g/mol. The van der Waals surface area contributed by atoms with Gasteiger partial charge >= 0.3 is 0 Å². The van der Waals surface area contributed by atoms with Gasteiger partial charge in [-0.1, -0.05) is 13.8 Å². The van der Waals surface area contributed by atoms with Crippen molar-refractivity contribution in [1.82, 2.24) is 10.3 Å². The van der Waals surface area contributed by atoms with Crippen molar-refractivity contribution in [3.05, 3.63) is 18.5 Å². The molecule has 1 aliphatic rings. The van der Waals surface area contributed by atoms with Crippen molar-refractivity contribution in [3.63, 3.8) is 0 Å². The van der Waals surface area contributed by atoms with Crippen LogP contribution in [0.2, 0.25) is 0 Å². The maximum absolute atomic E-state index is 11.7. The molecular formula is C11H17N3O. The van der Waals surface area contributed by atoms with E-state index >= 15 is 0 Å². The molecule has 82 valence electrons. The lowest BCUT2D eigenvalue weighted by atomic mass is 10.2. The lowest BCUT2D eigenvalue weighted by Gasteiger charge is -2.17. The summed E-state index contributed by atoms with van der Waals surface area (Å²) in [6, 6.07) is 2.64. The third-order valence-electron chi connectivity index (χ3n) is 2.59. The minimum atomic E-state index is 0.202. The zero-order valence-corrected chi connectivity index (χ0v) is 9.16. The van der Waals surface area contributed by atoms with Crippen LogP contribution in [0.5, 0.6) is 0 Å². The number of nitrogens with zero attached hydrogens (tertiary/aromatic N) is 1. The molecule has 0 spiro atoms. The van der Waals surface area contributed by atoms with Gasteiger partial charge in [0.25, 0.3) is 0 Å². The maximum atomic E-state index is 11.7. The lowest BCUT2D eigenvalue weighted by molar-refractivity contribution is -0.117. The van der Waals surface area contributed by atoms with Crippen LogP contribution < -0.4 is 10.2 Å². The average Bonchev–Trinajstić information content (AvgIpc) is 2.72. The van der Waals surface area contributed by atoms with Crippen molar-refractivity contribution < 1.29 is 4.79 Å². The van der Waals surface area contributed by atoms with Crippen LogP contribution in [0, 0.1) is 0 Å². The molecule has 2 rings (SSSR count). The van der Waals surface area contributed by atoms with Crippen molar-refractivity contribution in [1.29, 1.82) is 0 Å². The summed E-state index contributed by atoms with van der Waals surface area (Å²) < 4.78 is 0. The largest absolute Gasteiger partial charge is 0.366 e. The predicted molar refractivity (Wildman–Crippen MR) is 59.8 cm³/mol. The number of nitrogens with one attached hydrogen (secondary N) is 2. The molecule has 1 aliphatic heterocycles. The van der Waals surface area contributed by atoms with Crippen LogP contribution in [0.25, 0.3) is 0 Å². The second-order valence-corrected chi connectivity index (χ2v) is 4.30. The molecular weight excluding hydrogens is 190 g/mol. The van der Waals surface area contributed by atoms with E-state index in [1.165, 1.54) is 0 Å². The molecule has 1 unspecified atom stereocenters. The van der Waals surface area contributed by atoms with E-state index in [9.17, 15) is 4.79 Å². The summed E-state index contributed by atoms with van der Waals surface area (Å²) in [6.45, 7) is 4.97. The topological polar surface area (TPSA) is 48.1 Å². The van der Waals surface area contributed by atoms with E-state index in [2.05, 4.69) is 24.1 Å². The molecule has 1 saturated heterocycles. The number of H-pyrrole nitrogens is 1. The van der Waals surface area contributed by atoms with Gasteiger partial charge in [-0.25, -0.2) is 0 Å². The van der Waals surface area contributed by atoms with Crippen LogP contribution in [-0.2, 0) is 4.79 Å². The summed E-state index contributed by atoms with van der Waals surface area (Å²) >= 11 is 0. The van der Waals surface area contributed by atoms with Gasteiger partial charge in [-0.3, -0.25) is 4.79 Å². The molecule has 0 radical (unpaired) electrons. The highest BCUT2D eigenvalue weighted by Crippen LogP contribution is 2.20. The molecule has 0 saturated carbocycles. The van der Waals surface area contributed by atoms with E-state index in [0.29, 0.717) is 12.5 Å². The summed E-state index contributed by atoms with van der Waals surface area (Å²) in [7, 11) is 0. The van der Waals surface area contributed by atoms with Gasteiger partial charge in [0.15, 0.2) is 0 Å². The number of aromatic nitrogens is 1. The van der Waals surface area contributed by atoms with E-state index in [4.69, 9.17) is 0 Å². The number of rotatable bonds is 3. The molecule has 1 fully saturated rings. The number of hydrogen-bond donors (Lipinski definition) is 2. The fourth-order valence-corrected chi connectivity index (χ4v) is 2.02. The number of carbonyl (C=O) groups is 1. The maximum Gasteiger partial charge on any atom is 0.228 e. The highest BCUT2D eigenvalue weighted by atomic mass is 16.2. The number of amides is 1. The molecule has 1 aromatic rings. The smallest absolute Gasteiger partial charge is 0.228 e. The fourth-order valence-electron chi connectivity index (χ4n) is 2.02. The molecule has 0 aromatic carbocycles. The first kappa shape index (κ1) is 10.2. The van der Waals surface area contributed by atoms with Gasteiger partial charge in [-0.2, -0.15) is 0 Å². The summed E-state index contributed by atoms with van der Waals surface area (Å²) in [5.74, 6) is 0.202. The van der Waals surface area contributed by atoms with E-state index in [1.54, 1.807) is 0 Å². The Kier molecular flexibility index (Phi) is 2.77. The Morgan fingerprint density at radius 3 is 3.00 bits per heavy atom. The predicted octanol–water partition coefficient (Wildman–Crippen LogP) is 1.12. The molecule has 2 N–H and O–H groups in total. The van der Waals surface area contributed by atoms with Crippen molar-refractivity contribution in [2.45, 2.75) is 32.4 Å². The number of anilines is 1. The Morgan fingerprint density at radius 2 is 2.40 bits per heavy atom. The van der Waals surface area contributed by atoms with Crippen molar-refractivity contribution in [2.75, 3.05) is 11.4 Å². The summed E-state index contributed by atoms with van der Waals surface area (Å²) in [5, 5.41) is 3.39. The minimum absolute atomic E-state index is 0.202. The van der Waals surface area contributed by atoms with E-state index in [-0.39, 0.29) is 11.9 Å². The van der Waals surface area contributed by atoms with Gasteiger partial charge in [-0.05, 0) is 6.07 Å². The molecule has 15 heavy (non-hydrogen) atoms. The monoisotopic (exact) mass is 207 g/mol. The number of carbonyl (C=O) groups excluding carboxylic acids is 1. The SMILES string of the molecule is CC(C)NC1CC(=O)N(c2cc[nH]c2)C1. The van der Waals surface area contributed by atoms with Crippen LogP contribution in [0.3, 0.4) is 0 Å². The Labute approximate surface area is 89.7 Å². The Morgan fingerprint density at radius 1 is 1.60 bits per heavy atom. The minimum Gasteiger partial charge on any atom is -0.366 e. The van der Waals surface area contributed by atoms with Crippen LogP contribution in [-0.4, -0.2) is 29.5 Å². The molecule has 1 atom stereocenters. The molecule has 4 nitrogen and oxygen atoms in total. The molecule has 2 heterocycles. The van der Waals surface area contributed by atoms with Gasteiger partial charge in [0.2, 0.25) is 5.91 Å². The number of hydrogen-bond acceptors (Lipinski definition) is 2. The van der Waals surface area contributed by atoms with E-state index < -0.39 is 0 Å².